The Bertz CT molecular complexity index is 480. The van der Waals surface area contributed by atoms with Crippen molar-refractivity contribution in [2.75, 3.05) is 7.11 Å². The number of methoxy groups -OCH3 is 1. The van der Waals surface area contributed by atoms with Gasteiger partial charge in [-0.2, -0.15) is 0 Å². The van der Waals surface area contributed by atoms with Gasteiger partial charge in [-0.15, -0.1) is 0 Å². The van der Waals surface area contributed by atoms with E-state index in [2.05, 4.69) is 11.1 Å². The van der Waals surface area contributed by atoms with E-state index in [1.807, 2.05) is 32.0 Å². The number of hydrogen-bond acceptors (Lipinski definition) is 2. The van der Waals surface area contributed by atoms with Crippen molar-refractivity contribution in [2.45, 2.75) is 19.4 Å². The molecule has 1 heterocycles. The predicted molar refractivity (Wildman–Crippen MR) is 62.1 cm³/mol. The Hall–Kier alpha value is -1.48. The van der Waals surface area contributed by atoms with Crippen LogP contribution >= 0.6 is 0 Å². The fourth-order valence-corrected chi connectivity index (χ4v) is 1.58. The molecule has 80 valence electrons. The number of fused-ring (bicyclic) bond motifs is 1. The van der Waals surface area contributed by atoms with E-state index < -0.39 is 0 Å². The molecule has 0 saturated heterocycles. The second kappa shape index (κ2) is 3.28. The largest absolute Gasteiger partial charge is 0.497 e. The molecule has 3 N–H and O–H groups in total. The van der Waals surface area contributed by atoms with E-state index in [0.29, 0.717) is 0 Å². The lowest BCUT2D eigenvalue weighted by Crippen LogP contribution is -2.28. The molecule has 0 aliphatic heterocycles. The van der Waals surface area contributed by atoms with Gasteiger partial charge in [0.2, 0.25) is 0 Å². The summed E-state index contributed by atoms with van der Waals surface area (Å²) >= 11 is 0. The summed E-state index contributed by atoms with van der Waals surface area (Å²) in [6, 6.07) is 8.01. The van der Waals surface area contributed by atoms with Crippen LogP contribution in [-0.2, 0) is 5.54 Å². The topological polar surface area (TPSA) is 51.0 Å². The lowest BCUT2D eigenvalue weighted by Gasteiger charge is -2.15. The maximum absolute atomic E-state index is 6.03. The van der Waals surface area contributed by atoms with Crippen LogP contribution in [-0.4, -0.2) is 12.1 Å². The first-order valence-corrected chi connectivity index (χ1v) is 4.97. The smallest absolute Gasteiger partial charge is 0.119 e. The number of aromatic nitrogens is 1. The Balaban J connectivity index is 2.56. The van der Waals surface area contributed by atoms with E-state index in [1.165, 1.54) is 0 Å². The highest BCUT2D eigenvalue weighted by molar-refractivity contribution is 5.82. The van der Waals surface area contributed by atoms with E-state index in [1.54, 1.807) is 7.11 Å². The Morgan fingerprint density at radius 3 is 2.60 bits per heavy atom. The lowest BCUT2D eigenvalue weighted by molar-refractivity contribution is 0.415. The fraction of sp³-hybridized carbons (Fsp3) is 0.333. The number of rotatable bonds is 2. The maximum Gasteiger partial charge on any atom is 0.119 e. The summed E-state index contributed by atoms with van der Waals surface area (Å²) < 4.78 is 5.17. The first-order valence-electron chi connectivity index (χ1n) is 4.97. The summed E-state index contributed by atoms with van der Waals surface area (Å²) in [4.78, 5) is 3.31. The highest BCUT2D eigenvalue weighted by Crippen LogP contribution is 2.25. The molecule has 0 atom stereocenters. The second-order valence-electron chi connectivity index (χ2n) is 4.36. The maximum atomic E-state index is 6.03. The molecule has 2 aromatic rings. The van der Waals surface area contributed by atoms with Gasteiger partial charge in [0.25, 0.3) is 0 Å². The SMILES string of the molecule is COc1ccc2[nH]c(C(C)(C)N)cc2c1. The van der Waals surface area contributed by atoms with Gasteiger partial charge < -0.3 is 15.5 Å². The van der Waals surface area contributed by atoms with E-state index in [9.17, 15) is 0 Å². The standard InChI is InChI=1S/C12H16N2O/c1-12(2,13)11-7-8-6-9(15-3)4-5-10(8)14-11/h4-7,14H,13H2,1-3H3. The van der Waals surface area contributed by atoms with Crippen molar-refractivity contribution < 1.29 is 4.74 Å². The minimum atomic E-state index is -0.341. The highest BCUT2D eigenvalue weighted by Gasteiger charge is 2.16. The minimum absolute atomic E-state index is 0.341. The summed E-state index contributed by atoms with van der Waals surface area (Å²) in [5, 5.41) is 1.13. The first kappa shape index (κ1) is 10.1. The van der Waals surface area contributed by atoms with Crippen molar-refractivity contribution in [3.63, 3.8) is 0 Å². The van der Waals surface area contributed by atoms with Crippen molar-refractivity contribution >= 4 is 10.9 Å². The number of H-pyrrole nitrogens is 1. The molecular weight excluding hydrogens is 188 g/mol. The van der Waals surface area contributed by atoms with Gasteiger partial charge in [0.1, 0.15) is 5.75 Å². The zero-order valence-corrected chi connectivity index (χ0v) is 9.29. The number of nitrogens with one attached hydrogen (secondary N) is 1. The molecule has 3 nitrogen and oxygen atoms in total. The van der Waals surface area contributed by atoms with Crippen molar-refractivity contribution in [1.82, 2.24) is 4.98 Å². The van der Waals surface area contributed by atoms with E-state index in [0.717, 1.165) is 22.3 Å². The zero-order chi connectivity index (χ0) is 11.1. The normalized spacial score (nSPS) is 12.0. The fourth-order valence-electron chi connectivity index (χ4n) is 1.58. The van der Waals surface area contributed by atoms with Crippen LogP contribution in [0.5, 0.6) is 5.75 Å². The Morgan fingerprint density at radius 1 is 1.27 bits per heavy atom. The quantitative estimate of drug-likeness (QED) is 0.789. The monoisotopic (exact) mass is 204 g/mol. The van der Waals surface area contributed by atoms with E-state index in [4.69, 9.17) is 10.5 Å². The number of aromatic amines is 1. The van der Waals surface area contributed by atoms with Gasteiger partial charge in [0.15, 0.2) is 0 Å². The van der Waals surface area contributed by atoms with Crippen molar-refractivity contribution in [3.05, 3.63) is 30.0 Å². The third-order valence-corrected chi connectivity index (χ3v) is 2.52. The predicted octanol–water partition coefficient (Wildman–Crippen LogP) is 2.37. The first-order chi connectivity index (χ1) is 7.00. The van der Waals surface area contributed by atoms with Gasteiger partial charge in [-0.1, -0.05) is 0 Å². The number of hydrogen-bond donors (Lipinski definition) is 2. The molecule has 0 saturated carbocycles. The molecule has 0 aliphatic carbocycles. The molecule has 3 heteroatoms. The number of ether oxygens (including phenoxy) is 1. The average molecular weight is 204 g/mol. The van der Waals surface area contributed by atoms with Crippen molar-refractivity contribution in [3.8, 4) is 5.75 Å². The van der Waals surface area contributed by atoms with Crippen LogP contribution in [0, 0.1) is 0 Å². The summed E-state index contributed by atoms with van der Waals surface area (Å²) in [7, 11) is 1.67. The van der Waals surface area contributed by atoms with Gasteiger partial charge >= 0.3 is 0 Å². The van der Waals surface area contributed by atoms with Crippen LogP contribution in [0.25, 0.3) is 10.9 Å². The summed E-state index contributed by atoms with van der Waals surface area (Å²) in [6.07, 6.45) is 0. The number of nitrogens with two attached hydrogens (primary N) is 1. The molecule has 0 fully saturated rings. The van der Waals surface area contributed by atoms with E-state index >= 15 is 0 Å². The lowest BCUT2D eigenvalue weighted by atomic mass is 10.0. The van der Waals surface area contributed by atoms with Gasteiger partial charge in [-0.05, 0) is 38.1 Å². The molecule has 1 aromatic carbocycles. The minimum Gasteiger partial charge on any atom is -0.497 e. The van der Waals surface area contributed by atoms with Crippen molar-refractivity contribution in [1.29, 1.82) is 0 Å². The van der Waals surface area contributed by atoms with Crippen LogP contribution in [0.4, 0.5) is 0 Å². The molecule has 0 amide bonds. The molecule has 0 unspecified atom stereocenters. The molecule has 0 aliphatic rings. The third kappa shape index (κ3) is 1.83. The Kier molecular flexibility index (Phi) is 2.20. The van der Waals surface area contributed by atoms with Crippen molar-refractivity contribution in [2.24, 2.45) is 5.73 Å². The summed E-state index contributed by atoms with van der Waals surface area (Å²) in [5.74, 6) is 0.864. The Morgan fingerprint density at radius 2 is 2.00 bits per heavy atom. The van der Waals surface area contributed by atoms with Crippen LogP contribution in [0.15, 0.2) is 24.3 Å². The van der Waals surface area contributed by atoms with Crippen LogP contribution < -0.4 is 10.5 Å². The summed E-state index contributed by atoms with van der Waals surface area (Å²) in [6.45, 7) is 3.96. The zero-order valence-electron chi connectivity index (χ0n) is 9.29. The molecule has 0 radical (unpaired) electrons. The average Bonchev–Trinajstić information content (AvgIpc) is 2.59. The molecule has 0 bridgehead atoms. The number of benzene rings is 1. The molecule has 1 aromatic heterocycles. The third-order valence-electron chi connectivity index (χ3n) is 2.52. The van der Waals surface area contributed by atoms with Gasteiger partial charge in [-0.3, -0.25) is 0 Å². The van der Waals surface area contributed by atoms with Crippen LogP contribution in [0.2, 0.25) is 0 Å². The van der Waals surface area contributed by atoms with Gasteiger partial charge in [0, 0.05) is 16.6 Å². The van der Waals surface area contributed by atoms with Gasteiger partial charge in [-0.25, -0.2) is 0 Å². The van der Waals surface area contributed by atoms with E-state index in [-0.39, 0.29) is 5.54 Å². The molecular formula is C12H16N2O. The Labute approximate surface area is 89.2 Å². The second-order valence-corrected chi connectivity index (χ2v) is 4.36. The summed E-state index contributed by atoms with van der Waals surface area (Å²) in [5.41, 5.74) is 7.81. The van der Waals surface area contributed by atoms with Crippen LogP contribution in [0.3, 0.4) is 0 Å². The highest BCUT2D eigenvalue weighted by atomic mass is 16.5. The van der Waals surface area contributed by atoms with Gasteiger partial charge in [0.05, 0.1) is 12.6 Å². The molecule has 0 spiro atoms. The molecule has 15 heavy (non-hydrogen) atoms. The molecule has 2 rings (SSSR count). The van der Waals surface area contributed by atoms with Crippen LogP contribution in [0.1, 0.15) is 19.5 Å².